The number of hydrogen-bond acceptors (Lipinski definition) is 5. The monoisotopic (exact) mass is 375 g/mol. The van der Waals surface area contributed by atoms with E-state index in [1.165, 1.54) is 24.3 Å². The summed E-state index contributed by atoms with van der Waals surface area (Å²) in [4.78, 5) is 11.5. The second-order valence-corrected chi connectivity index (χ2v) is 7.46. The lowest BCUT2D eigenvalue weighted by Gasteiger charge is -2.33. The van der Waals surface area contributed by atoms with Gasteiger partial charge in [0.2, 0.25) is 0 Å². The number of nitrogens with zero attached hydrogens (tertiary/aromatic N) is 3. The predicted octanol–water partition coefficient (Wildman–Crippen LogP) is 3.19. The molecule has 0 aromatic carbocycles. The Bertz CT molecular complexity index is 676. The molecule has 1 saturated heterocycles. The molecule has 0 saturated carbocycles. The van der Waals surface area contributed by atoms with Crippen molar-refractivity contribution >= 4 is 17.3 Å². The summed E-state index contributed by atoms with van der Waals surface area (Å²) < 4.78 is 5.71. The number of hydrogen-bond donors (Lipinski definition) is 2. The van der Waals surface area contributed by atoms with E-state index in [4.69, 9.17) is 4.42 Å². The Kier molecular flexibility index (Phi) is 7.08. The van der Waals surface area contributed by atoms with Crippen molar-refractivity contribution in [2.45, 2.75) is 45.2 Å². The number of rotatable bonds is 7. The lowest BCUT2D eigenvalue weighted by atomic mass is 10.1. The highest BCUT2D eigenvalue weighted by molar-refractivity contribution is 7.09. The smallest absolute Gasteiger partial charge is 0.191 e. The quantitative estimate of drug-likeness (QED) is 0.575. The zero-order chi connectivity index (χ0) is 18.2. The average molecular weight is 376 g/mol. The van der Waals surface area contributed by atoms with Crippen LogP contribution in [0.4, 0.5) is 0 Å². The number of aryl methyl sites for hydroxylation is 1. The molecular weight excluding hydrogens is 346 g/mol. The molecule has 1 aliphatic rings. The molecule has 3 heterocycles. The maximum absolute atomic E-state index is 5.71. The molecule has 0 radical (unpaired) electrons. The van der Waals surface area contributed by atoms with Crippen molar-refractivity contribution in [3.05, 3.63) is 40.2 Å². The maximum atomic E-state index is 5.71. The van der Waals surface area contributed by atoms with Gasteiger partial charge in [0.1, 0.15) is 5.76 Å². The Balaban J connectivity index is 1.55. The van der Waals surface area contributed by atoms with Crippen LogP contribution in [0.5, 0.6) is 0 Å². The van der Waals surface area contributed by atoms with Gasteiger partial charge < -0.3 is 15.1 Å². The third-order valence-corrected chi connectivity index (χ3v) is 5.77. The first-order chi connectivity index (χ1) is 12.8. The summed E-state index contributed by atoms with van der Waals surface area (Å²) in [6, 6.07) is 4.26. The highest BCUT2D eigenvalue weighted by Gasteiger charge is 2.24. The Labute approximate surface area is 159 Å². The molecule has 0 spiro atoms. The van der Waals surface area contributed by atoms with Gasteiger partial charge in [-0.05, 0) is 44.5 Å². The predicted molar refractivity (Wildman–Crippen MR) is 107 cm³/mol. The van der Waals surface area contributed by atoms with Crippen LogP contribution in [-0.4, -0.2) is 42.5 Å². The fourth-order valence-electron chi connectivity index (χ4n) is 3.30. The summed E-state index contributed by atoms with van der Waals surface area (Å²) in [7, 11) is 1.80. The molecule has 1 fully saturated rings. The van der Waals surface area contributed by atoms with Crippen molar-refractivity contribution in [2.24, 2.45) is 4.99 Å². The zero-order valence-electron chi connectivity index (χ0n) is 15.7. The third-order valence-electron chi connectivity index (χ3n) is 4.73. The minimum absolute atomic E-state index is 0.231. The molecule has 0 amide bonds. The van der Waals surface area contributed by atoms with E-state index in [-0.39, 0.29) is 6.04 Å². The summed E-state index contributed by atoms with van der Waals surface area (Å²) >= 11 is 1.71. The molecule has 1 atom stereocenters. The van der Waals surface area contributed by atoms with Gasteiger partial charge in [-0.25, -0.2) is 4.98 Å². The van der Waals surface area contributed by atoms with E-state index >= 15 is 0 Å². The molecule has 6 nitrogen and oxygen atoms in total. The fraction of sp³-hybridized carbons (Fsp3) is 0.579. The molecule has 142 valence electrons. The van der Waals surface area contributed by atoms with Crippen molar-refractivity contribution in [1.29, 1.82) is 0 Å². The minimum atomic E-state index is 0.231. The summed E-state index contributed by atoms with van der Waals surface area (Å²) in [5.41, 5.74) is 1.06. The number of guanidine groups is 1. The Hall–Kier alpha value is -1.86. The van der Waals surface area contributed by atoms with Gasteiger partial charge >= 0.3 is 0 Å². The topological polar surface area (TPSA) is 65.7 Å². The van der Waals surface area contributed by atoms with Crippen LogP contribution < -0.4 is 10.6 Å². The van der Waals surface area contributed by atoms with Gasteiger partial charge in [-0.15, -0.1) is 11.3 Å². The summed E-state index contributed by atoms with van der Waals surface area (Å²) in [6.45, 7) is 5.83. The highest BCUT2D eigenvalue weighted by atomic mass is 32.1. The second-order valence-electron chi connectivity index (χ2n) is 6.52. The molecule has 3 rings (SSSR count). The van der Waals surface area contributed by atoms with Crippen molar-refractivity contribution in [3.8, 4) is 0 Å². The van der Waals surface area contributed by atoms with Crippen molar-refractivity contribution < 1.29 is 4.42 Å². The molecule has 0 aliphatic carbocycles. The Morgan fingerprint density at radius 1 is 1.35 bits per heavy atom. The van der Waals surface area contributed by atoms with E-state index in [0.29, 0.717) is 6.54 Å². The first kappa shape index (κ1) is 18.9. The minimum Gasteiger partial charge on any atom is -0.468 e. The van der Waals surface area contributed by atoms with Crippen LogP contribution in [0.15, 0.2) is 33.2 Å². The normalized spacial score (nSPS) is 17.2. The van der Waals surface area contributed by atoms with Gasteiger partial charge in [0, 0.05) is 19.0 Å². The molecule has 2 N–H and O–H groups in total. The first-order valence-electron chi connectivity index (χ1n) is 9.45. The van der Waals surface area contributed by atoms with Crippen molar-refractivity contribution in [3.63, 3.8) is 0 Å². The molecule has 1 unspecified atom stereocenters. The third kappa shape index (κ3) is 5.08. The standard InChI is InChI=1S/C19H29N5OS/c1-3-18-23-15(14-26-18)12-21-19(20-2)22-13-16(17-8-7-11-25-17)24-9-5-4-6-10-24/h7-8,11,14,16H,3-6,9-10,12-13H2,1-2H3,(H2,20,21,22). The number of thiazole rings is 1. The van der Waals surface area contributed by atoms with Crippen LogP contribution >= 0.6 is 11.3 Å². The maximum Gasteiger partial charge on any atom is 0.191 e. The fourth-order valence-corrected chi connectivity index (χ4v) is 4.05. The van der Waals surface area contributed by atoms with Crippen LogP contribution in [0.1, 0.15) is 48.7 Å². The Morgan fingerprint density at radius 3 is 2.85 bits per heavy atom. The number of aliphatic imine (C=N–C) groups is 1. The van der Waals surface area contributed by atoms with E-state index in [2.05, 4.69) is 43.9 Å². The molecule has 2 aromatic rings. The zero-order valence-corrected chi connectivity index (χ0v) is 16.5. The van der Waals surface area contributed by atoms with Gasteiger partial charge in [-0.3, -0.25) is 9.89 Å². The van der Waals surface area contributed by atoms with Crippen molar-refractivity contribution in [2.75, 3.05) is 26.7 Å². The van der Waals surface area contributed by atoms with Crippen LogP contribution in [0.25, 0.3) is 0 Å². The van der Waals surface area contributed by atoms with Crippen LogP contribution in [0.2, 0.25) is 0 Å². The van der Waals surface area contributed by atoms with Gasteiger partial charge in [0.05, 0.1) is 29.6 Å². The molecular formula is C19H29N5OS. The van der Waals surface area contributed by atoms with Gasteiger partial charge in [0.15, 0.2) is 5.96 Å². The number of piperidine rings is 1. The molecule has 1 aliphatic heterocycles. The summed E-state index contributed by atoms with van der Waals surface area (Å²) in [6.07, 6.45) is 6.58. The van der Waals surface area contributed by atoms with Crippen LogP contribution in [0, 0.1) is 0 Å². The largest absolute Gasteiger partial charge is 0.468 e. The van der Waals surface area contributed by atoms with Gasteiger partial charge in [-0.1, -0.05) is 13.3 Å². The molecule has 2 aromatic heterocycles. The van der Waals surface area contributed by atoms with E-state index < -0.39 is 0 Å². The van der Waals surface area contributed by atoms with Gasteiger partial charge in [-0.2, -0.15) is 0 Å². The van der Waals surface area contributed by atoms with E-state index in [1.807, 2.05) is 6.07 Å². The number of furan rings is 1. The second kappa shape index (κ2) is 9.73. The first-order valence-corrected chi connectivity index (χ1v) is 10.3. The number of aromatic nitrogens is 1. The highest BCUT2D eigenvalue weighted by Crippen LogP contribution is 2.24. The van der Waals surface area contributed by atoms with Gasteiger partial charge in [0.25, 0.3) is 0 Å². The summed E-state index contributed by atoms with van der Waals surface area (Å²) in [5.74, 6) is 1.81. The van der Waals surface area contributed by atoms with E-state index in [9.17, 15) is 0 Å². The lowest BCUT2D eigenvalue weighted by Crippen LogP contribution is -2.44. The van der Waals surface area contributed by atoms with E-state index in [1.54, 1.807) is 24.6 Å². The number of likely N-dealkylation sites (tertiary alicyclic amines) is 1. The van der Waals surface area contributed by atoms with E-state index in [0.717, 1.165) is 43.5 Å². The van der Waals surface area contributed by atoms with Crippen molar-refractivity contribution in [1.82, 2.24) is 20.5 Å². The SMILES string of the molecule is CCc1nc(CNC(=NC)NCC(c2ccco2)N2CCCCC2)cs1. The lowest BCUT2D eigenvalue weighted by molar-refractivity contribution is 0.146. The Morgan fingerprint density at radius 2 is 2.19 bits per heavy atom. The number of nitrogens with one attached hydrogen (secondary N) is 2. The molecule has 0 bridgehead atoms. The summed E-state index contributed by atoms with van der Waals surface area (Å²) in [5, 5.41) is 10.1. The van der Waals surface area contributed by atoms with Crippen LogP contribution in [-0.2, 0) is 13.0 Å². The van der Waals surface area contributed by atoms with Crippen LogP contribution in [0.3, 0.4) is 0 Å². The molecule has 26 heavy (non-hydrogen) atoms. The molecule has 7 heteroatoms. The average Bonchev–Trinajstić information content (AvgIpc) is 3.37.